The van der Waals surface area contributed by atoms with E-state index in [1.54, 1.807) is 6.20 Å². The summed E-state index contributed by atoms with van der Waals surface area (Å²) in [7, 11) is 1.93. The molecule has 0 aromatic carbocycles. The summed E-state index contributed by atoms with van der Waals surface area (Å²) in [4.78, 5) is 18.8. The normalized spacial score (nSPS) is 23.5. The highest BCUT2D eigenvalue weighted by Gasteiger charge is 2.48. The number of piperidine rings is 1. The van der Waals surface area contributed by atoms with Crippen LogP contribution in [0.5, 0.6) is 0 Å². The van der Waals surface area contributed by atoms with E-state index in [0.717, 1.165) is 32.5 Å². The zero-order valence-electron chi connectivity index (χ0n) is 14.0. The average molecular weight is 325 g/mol. The number of carbonyl (C=O) groups is 1. The molecule has 1 spiro atoms. The lowest BCUT2D eigenvalue weighted by atomic mass is 9.75. The van der Waals surface area contributed by atoms with E-state index in [1.807, 2.05) is 30.2 Å². The number of amides is 1. The number of aromatic nitrogens is 3. The van der Waals surface area contributed by atoms with E-state index in [9.17, 15) is 4.79 Å². The molecule has 24 heavy (non-hydrogen) atoms. The third-order valence-corrected chi connectivity index (χ3v) is 5.45. The van der Waals surface area contributed by atoms with Gasteiger partial charge >= 0.3 is 0 Å². The van der Waals surface area contributed by atoms with Gasteiger partial charge in [0.25, 0.3) is 0 Å². The third kappa shape index (κ3) is 2.82. The van der Waals surface area contributed by atoms with Gasteiger partial charge in [-0.1, -0.05) is 6.07 Å². The van der Waals surface area contributed by atoms with E-state index in [2.05, 4.69) is 32.6 Å². The van der Waals surface area contributed by atoms with E-state index < -0.39 is 0 Å². The summed E-state index contributed by atoms with van der Waals surface area (Å²) >= 11 is 0. The Hall–Kier alpha value is -2.21. The molecule has 4 heterocycles. The SMILES string of the molecule is Cn1cc([C@@H]2CC(=O)NC23CCN(Cc2cccnc2)CC3)cn1. The minimum Gasteiger partial charge on any atom is -0.350 e. The quantitative estimate of drug-likeness (QED) is 0.928. The highest BCUT2D eigenvalue weighted by Crippen LogP contribution is 2.43. The van der Waals surface area contributed by atoms with Crippen molar-refractivity contribution in [2.75, 3.05) is 13.1 Å². The van der Waals surface area contributed by atoms with Crippen molar-refractivity contribution in [3.8, 4) is 0 Å². The molecule has 0 radical (unpaired) electrons. The molecule has 0 aliphatic carbocycles. The van der Waals surface area contributed by atoms with Gasteiger partial charge in [0.15, 0.2) is 0 Å². The first kappa shape index (κ1) is 15.3. The molecule has 6 nitrogen and oxygen atoms in total. The fourth-order valence-corrected chi connectivity index (χ4v) is 4.19. The van der Waals surface area contributed by atoms with Crippen molar-refractivity contribution in [2.24, 2.45) is 7.05 Å². The molecule has 6 heteroatoms. The third-order valence-electron chi connectivity index (χ3n) is 5.45. The lowest BCUT2D eigenvalue weighted by molar-refractivity contribution is -0.120. The molecule has 4 rings (SSSR count). The van der Waals surface area contributed by atoms with E-state index in [4.69, 9.17) is 0 Å². The zero-order valence-corrected chi connectivity index (χ0v) is 14.0. The van der Waals surface area contributed by atoms with Gasteiger partial charge in [-0.3, -0.25) is 19.4 Å². The van der Waals surface area contributed by atoms with Crippen molar-refractivity contribution in [1.82, 2.24) is 25.0 Å². The summed E-state index contributed by atoms with van der Waals surface area (Å²) < 4.78 is 1.82. The topological polar surface area (TPSA) is 63.1 Å². The average Bonchev–Trinajstić information content (AvgIpc) is 3.14. The maximum atomic E-state index is 12.1. The summed E-state index contributed by atoms with van der Waals surface area (Å²) in [5.41, 5.74) is 2.32. The fraction of sp³-hybridized carbons (Fsp3) is 0.500. The Morgan fingerprint density at radius 1 is 1.33 bits per heavy atom. The van der Waals surface area contributed by atoms with Crippen molar-refractivity contribution >= 4 is 5.91 Å². The van der Waals surface area contributed by atoms with Crippen LogP contribution in [0.25, 0.3) is 0 Å². The Balaban J connectivity index is 1.47. The number of nitrogens with one attached hydrogen (secondary N) is 1. The predicted molar refractivity (Wildman–Crippen MR) is 90.2 cm³/mol. The summed E-state index contributed by atoms with van der Waals surface area (Å²) in [5.74, 6) is 0.406. The molecule has 1 amide bonds. The molecule has 1 atom stereocenters. The standard InChI is InChI=1S/C18H23N5O/c1-22-13-15(11-20-22)16-9-17(24)21-18(16)4-7-23(8-5-18)12-14-3-2-6-19-10-14/h2-3,6,10-11,13,16H,4-5,7-9,12H2,1H3,(H,21,24)/t16-/m0/s1. The van der Waals surface area contributed by atoms with Crippen LogP contribution < -0.4 is 5.32 Å². The number of aryl methyl sites for hydroxylation is 1. The molecule has 0 saturated carbocycles. The summed E-state index contributed by atoms with van der Waals surface area (Å²) in [6, 6.07) is 4.10. The van der Waals surface area contributed by atoms with E-state index >= 15 is 0 Å². The van der Waals surface area contributed by atoms with Crippen LogP contribution in [0.3, 0.4) is 0 Å². The van der Waals surface area contributed by atoms with Crippen molar-refractivity contribution in [3.63, 3.8) is 0 Å². The van der Waals surface area contributed by atoms with Gasteiger partial charge in [0.2, 0.25) is 5.91 Å². The first-order chi connectivity index (χ1) is 11.6. The van der Waals surface area contributed by atoms with Gasteiger partial charge in [0.05, 0.1) is 6.20 Å². The maximum absolute atomic E-state index is 12.1. The monoisotopic (exact) mass is 325 g/mol. The summed E-state index contributed by atoms with van der Waals surface area (Å²) in [5, 5.41) is 7.59. The van der Waals surface area contributed by atoms with Crippen molar-refractivity contribution in [1.29, 1.82) is 0 Å². The number of nitrogens with zero attached hydrogens (tertiary/aromatic N) is 4. The first-order valence-electron chi connectivity index (χ1n) is 8.55. The molecule has 2 aromatic heterocycles. The molecule has 126 valence electrons. The molecular formula is C18H23N5O. The largest absolute Gasteiger partial charge is 0.350 e. The van der Waals surface area contributed by atoms with Crippen LogP contribution in [-0.2, 0) is 18.4 Å². The minimum absolute atomic E-state index is 0.106. The first-order valence-corrected chi connectivity index (χ1v) is 8.55. The smallest absolute Gasteiger partial charge is 0.221 e. The van der Waals surface area contributed by atoms with Crippen LogP contribution in [0.15, 0.2) is 36.9 Å². The number of likely N-dealkylation sites (tertiary alicyclic amines) is 1. The second-order valence-corrected chi connectivity index (χ2v) is 7.05. The Morgan fingerprint density at radius 3 is 2.83 bits per heavy atom. The van der Waals surface area contributed by atoms with E-state index in [0.29, 0.717) is 6.42 Å². The van der Waals surface area contributed by atoms with Crippen LogP contribution in [-0.4, -0.2) is 44.2 Å². The van der Waals surface area contributed by atoms with Gasteiger partial charge in [0.1, 0.15) is 0 Å². The zero-order chi connectivity index (χ0) is 16.6. The Labute approximate surface area is 141 Å². The summed E-state index contributed by atoms with van der Waals surface area (Å²) in [6.07, 6.45) is 10.2. The highest BCUT2D eigenvalue weighted by molar-refractivity contribution is 5.81. The Kier molecular flexibility index (Phi) is 3.84. The van der Waals surface area contributed by atoms with Gasteiger partial charge in [-0.05, 0) is 30.0 Å². The molecule has 2 fully saturated rings. The number of rotatable bonds is 3. The fourth-order valence-electron chi connectivity index (χ4n) is 4.19. The molecule has 2 aromatic rings. The van der Waals surface area contributed by atoms with Crippen LogP contribution in [0.4, 0.5) is 0 Å². The van der Waals surface area contributed by atoms with Crippen LogP contribution >= 0.6 is 0 Å². The molecule has 2 aliphatic heterocycles. The maximum Gasteiger partial charge on any atom is 0.221 e. The second-order valence-electron chi connectivity index (χ2n) is 7.05. The highest BCUT2D eigenvalue weighted by atomic mass is 16.2. The van der Waals surface area contributed by atoms with Gasteiger partial charge in [-0.2, -0.15) is 5.10 Å². The molecule has 1 N–H and O–H groups in total. The van der Waals surface area contributed by atoms with Gasteiger partial charge in [-0.25, -0.2) is 0 Å². The molecule has 2 saturated heterocycles. The van der Waals surface area contributed by atoms with Gasteiger partial charge in [-0.15, -0.1) is 0 Å². The van der Waals surface area contributed by atoms with E-state index in [-0.39, 0.29) is 17.4 Å². The van der Waals surface area contributed by atoms with E-state index in [1.165, 1.54) is 11.1 Å². The van der Waals surface area contributed by atoms with Crippen molar-refractivity contribution < 1.29 is 4.79 Å². The van der Waals surface area contributed by atoms with Crippen LogP contribution in [0.1, 0.15) is 36.3 Å². The molecule has 0 unspecified atom stereocenters. The minimum atomic E-state index is -0.106. The van der Waals surface area contributed by atoms with Crippen molar-refractivity contribution in [3.05, 3.63) is 48.0 Å². The number of carbonyl (C=O) groups excluding carboxylic acids is 1. The summed E-state index contributed by atoms with van der Waals surface area (Å²) in [6.45, 7) is 2.91. The van der Waals surface area contributed by atoms with Crippen molar-refractivity contribution in [2.45, 2.75) is 37.3 Å². The Bertz CT molecular complexity index is 718. The predicted octanol–water partition coefficient (Wildman–Crippen LogP) is 1.45. The van der Waals surface area contributed by atoms with Gasteiger partial charge in [0, 0.05) is 63.2 Å². The number of hydrogen-bond acceptors (Lipinski definition) is 4. The number of hydrogen-bond donors (Lipinski definition) is 1. The lowest BCUT2D eigenvalue weighted by Gasteiger charge is -2.42. The molecular weight excluding hydrogens is 302 g/mol. The number of pyridine rings is 1. The van der Waals surface area contributed by atoms with Crippen LogP contribution in [0.2, 0.25) is 0 Å². The molecule has 2 aliphatic rings. The molecule has 0 bridgehead atoms. The Morgan fingerprint density at radius 2 is 2.17 bits per heavy atom. The van der Waals surface area contributed by atoms with Gasteiger partial charge < -0.3 is 5.32 Å². The lowest BCUT2D eigenvalue weighted by Crippen LogP contribution is -2.53. The second kappa shape index (κ2) is 6.02. The van der Waals surface area contributed by atoms with Crippen LogP contribution in [0, 0.1) is 0 Å².